The number of hydrogen-bond donors (Lipinski definition) is 1. The number of benzene rings is 4. The number of anilines is 1. The smallest absolute Gasteiger partial charge is 0.433 e. The molecule has 0 radical (unpaired) electrons. The number of alkyl halides is 3. The van der Waals surface area contributed by atoms with E-state index >= 15 is 0 Å². The molecule has 7 rings (SSSR count). The summed E-state index contributed by atoms with van der Waals surface area (Å²) in [5.74, 6) is -2.82. The molecule has 6 nitrogen and oxygen atoms in total. The van der Waals surface area contributed by atoms with Crippen molar-refractivity contribution < 1.29 is 23.4 Å². The number of H-pyrrole nitrogens is 1. The number of hydrogen-bond acceptors (Lipinski definition) is 4. The highest BCUT2D eigenvalue weighted by atomic mass is 19.4. The average molecular weight is 622 g/mol. The van der Waals surface area contributed by atoms with Gasteiger partial charge in [-0.1, -0.05) is 103 Å². The summed E-state index contributed by atoms with van der Waals surface area (Å²) in [5, 5.41) is 30.0. The molecule has 0 bridgehead atoms. The first-order valence-corrected chi connectivity index (χ1v) is 15.1. The molecule has 46 heavy (non-hydrogen) atoms. The summed E-state index contributed by atoms with van der Waals surface area (Å²) < 4.78 is 43.5. The Hall–Kier alpha value is -4.86. The van der Waals surface area contributed by atoms with Crippen molar-refractivity contribution in [2.75, 3.05) is 11.9 Å². The highest BCUT2D eigenvalue weighted by Gasteiger charge is 2.50. The van der Waals surface area contributed by atoms with Gasteiger partial charge in [-0.15, -0.1) is 12.2 Å². The Morgan fingerprint density at radius 2 is 1.39 bits per heavy atom. The van der Waals surface area contributed by atoms with E-state index in [-0.39, 0.29) is 5.69 Å². The van der Waals surface area contributed by atoms with Crippen LogP contribution >= 0.6 is 0 Å². The van der Waals surface area contributed by atoms with Gasteiger partial charge in [0, 0.05) is 18.4 Å². The number of fused-ring (bicyclic) bond motifs is 1. The normalized spacial score (nSPS) is 25.0. The maximum atomic E-state index is 14.3. The van der Waals surface area contributed by atoms with E-state index < -0.39 is 52.5 Å². The zero-order chi connectivity index (χ0) is 32.2. The van der Waals surface area contributed by atoms with Gasteiger partial charge in [0.25, 0.3) is 5.56 Å². The molecule has 9 heteroatoms. The third-order valence-corrected chi connectivity index (χ3v) is 9.48. The van der Waals surface area contributed by atoms with Gasteiger partial charge in [0.2, 0.25) is 0 Å². The fourth-order valence-corrected chi connectivity index (χ4v) is 7.29. The molecule has 4 aromatic carbocycles. The molecule has 1 aliphatic carbocycles. The van der Waals surface area contributed by atoms with Gasteiger partial charge in [0.15, 0.2) is 0 Å². The lowest BCUT2D eigenvalue weighted by Gasteiger charge is -2.60. The van der Waals surface area contributed by atoms with Crippen LogP contribution in [0.2, 0.25) is 0 Å². The van der Waals surface area contributed by atoms with Gasteiger partial charge in [0.1, 0.15) is 5.69 Å². The summed E-state index contributed by atoms with van der Waals surface area (Å²) in [4.78, 5) is 15.4. The van der Waals surface area contributed by atoms with Crippen LogP contribution in [0.15, 0.2) is 132 Å². The van der Waals surface area contributed by atoms with Crippen LogP contribution in [-0.4, -0.2) is 29.0 Å². The molecular weight excluding hydrogens is 591 g/mol. The lowest BCUT2D eigenvalue weighted by Crippen LogP contribution is -2.66. The maximum absolute atomic E-state index is 14.3. The van der Waals surface area contributed by atoms with Crippen LogP contribution in [0, 0.1) is 5.92 Å². The van der Waals surface area contributed by atoms with E-state index in [0.717, 1.165) is 27.1 Å². The summed E-state index contributed by atoms with van der Waals surface area (Å²) >= 11 is 0. The minimum Gasteiger partial charge on any atom is -0.851 e. The summed E-state index contributed by atoms with van der Waals surface area (Å²) in [7, 11) is 1.88. The van der Waals surface area contributed by atoms with E-state index in [4.69, 9.17) is 0 Å². The van der Waals surface area contributed by atoms with Crippen molar-refractivity contribution in [1.29, 1.82) is 0 Å². The summed E-state index contributed by atoms with van der Waals surface area (Å²) in [5.41, 5.74) is 0.800. The lowest BCUT2D eigenvalue weighted by molar-refractivity contribution is -0.543. The first kappa shape index (κ1) is 29.8. The first-order chi connectivity index (χ1) is 22.1. The molecule has 3 atom stereocenters. The van der Waals surface area contributed by atoms with Gasteiger partial charge in [0.05, 0.1) is 16.7 Å². The minimum atomic E-state index is -4.97. The van der Waals surface area contributed by atoms with Crippen LogP contribution in [0.25, 0.3) is 5.69 Å². The van der Waals surface area contributed by atoms with Crippen molar-refractivity contribution in [3.8, 4) is 5.69 Å². The van der Waals surface area contributed by atoms with Crippen LogP contribution in [-0.2, 0) is 18.0 Å². The predicted octanol–water partition coefficient (Wildman–Crippen LogP) is 4.92. The number of halogens is 3. The summed E-state index contributed by atoms with van der Waals surface area (Å²) in [6, 6.07) is 35.4. The first-order valence-electron chi connectivity index (χ1n) is 15.1. The molecule has 1 N–H and O–H groups in total. The number of aromatic nitrogens is 2. The summed E-state index contributed by atoms with van der Waals surface area (Å²) in [6.07, 6.45) is -6.30. The largest absolute Gasteiger partial charge is 0.851 e. The molecule has 0 amide bonds. The molecule has 5 aromatic rings. The zero-order valence-corrected chi connectivity index (χ0v) is 24.8. The highest BCUT2D eigenvalue weighted by Crippen LogP contribution is 2.54. The fourth-order valence-electron chi connectivity index (χ4n) is 7.29. The molecule has 1 aromatic heterocycles. The Labute approximate surface area is 263 Å². The molecule has 1 fully saturated rings. The molecule has 0 spiro atoms. The van der Waals surface area contributed by atoms with Gasteiger partial charge < -0.3 is 15.1 Å². The van der Waals surface area contributed by atoms with Crippen molar-refractivity contribution in [2.24, 2.45) is 5.92 Å². The Bertz CT molecular complexity index is 1940. The van der Waals surface area contributed by atoms with Crippen LogP contribution in [0.1, 0.15) is 33.9 Å². The van der Waals surface area contributed by atoms with E-state index in [1.54, 1.807) is 24.3 Å². The van der Waals surface area contributed by atoms with Crippen molar-refractivity contribution in [3.63, 3.8) is 0 Å². The molecule has 2 heterocycles. The van der Waals surface area contributed by atoms with Crippen molar-refractivity contribution in [3.05, 3.63) is 165 Å². The second kappa shape index (κ2) is 11.2. The summed E-state index contributed by atoms with van der Waals surface area (Å²) in [6.45, 7) is 0. The third-order valence-electron chi connectivity index (χ3n) is 9.48. The molecular formula is C37H30F3N3O3-2. The minimum absolute atomic E-state index is 0.172. The van der Waals surface area contributed by atoms with Gasteiger partial charge >= 0.3 is 6.18 Å². The van der Waals surface area contributed by atoms with E-state index in [2.05, 4.69) is 5.10 Å². The van der Waals surface area contributed by atoms with Gasteiger partial charge in [-0.2, -0.15) is 13.2 Å². The predicted molar refractivity (Wildman–Crippen MR) is 165 cm³/mol. The molecule has 234 valence electrons. The number of aromatic amines is 1. The Morgan fingerprint density at radius 1 is 0.826 bits per heavy atom. The number of likely N-dealkylation sites (N-methyl/N-ethyl adjacent to an activating group) is 1. The number of rotatable bonds is 6. The van der Waals surface area contributed by atoms with Crippen LogP contribution in [0.5, 0.6) is 0 Å². The molecule has 1 aliphatic heterocycles. The Kier molecular flexibility index (Phi) is 7.25. The topological polar surface area (TPSA) is 87.2 Å². The van der Waals surface area contributed by atoms with Crippen molar-refractivity contribution >= 4 is 5.69 Å². The van der Waals surface area contributed by atoms with Gasteiger partial charge in [-0.3, -0.25) is 9.89 Å². The van der Waals surface area contributed by atoms with Crippen LogP contribution in [0.3, 0.4) is 0 Å². The van der Waals surface area contributed by atoms with Gasteiger partial charge in [-0.05, 0) is 53.1 Å². The monoisotopic (exact) mass is 621 g/mol. The third kappa shape index (κ3) is 4.61. The highest BCUT2D eigenvalue weighted by molar-refractivity contribution is 5.74. The van der Waals surface area contributed by atoms with E-state index in [0.29, 0.717) is 12.1 Å². The van der Waals surface area contributed by atoms with E-state index in [9.17, 15) is 28.2 Å². The SMILES string of the molecule is CN1C(=CC2C([O-])C(c3c(C(F)(F)F)[nH]n(-c4ccccc4)c3=O)C2[O-])C(Cc2ccccc2)(c2ccccc2)c2ccccc21. The van der Waals surface area contributed by atoms with E-state index in [1.807, 2.05) is 96.9 Å². The standard InChI is InChI=1S/C37H30F3N3O3/c1-42-28-20-12-11-19-27(28)36(24-15-7-3-8-16-24,22-23-13-5-2-6-14-23)29(42)21-26-32(44)30(33(26)45)31-34(37(38,39)40)41-43(35(31)46)25-17-9-4-10-18-25/h2-21,26,30,32-33,41H,22H2,1H3/q-2. The maximum Gasteiger partial charge on any atom is 0.433 e. The quantitative estimate of drug-likeness (QED) is 0.292. The zero-order valence-electron chi connectivity index (χ0n) is 24.8. The molecule has 1 saturated carbocycles. The van der Waals surface area contributed by atoms with E-state index in [1.165, 1.54) is 12.1 Å². The average Bonchev–Trinajstić information content (AvgIpc) is 3.53. The lowest BCUT2D eigenvalue weighted by atomic mass is 9.63. The second-order valence-corrected chi connectivity index (χ2v) is 12.0. The Morgan fingerprint density at radius 3 is 2.02 bits per heavy atom. The molecule has 0 saturated heterocycles. The number of nitrogens with zero attached hydrogens (tertiary/aromatic N) is 2. The van der Waals surface area contributed by atoms with Crippen molar-refractivity contribution in [2.45, 2.75) is 36.1 Å². The molecule has 2 aliphatic rings. The number of allylic oxidation sites excluding steroid dienone is 1. The molecule has 3 unspecified atom stereocenters. The second-order valence-electron chi connectivity index (χ2n) is 12.0. The Balaban J connectivity index is 1.35. The van der Waals surface area contributed by atoms with Gasteiger partial charge in [-0.25, -0.2) is 4.68 Å². The number of para-hydroxylation sites is 2. The fraction of sp³-hybridized carbons (Fsp3) is 0.216. The van der Waals surface area contributed by atoms with Crippen molar-refractivity contribution in [1.82, 2.24) is 9.78 Å². The van der Waals surface area contributed by atoms with Crippen LogP contribution < -0.4 is 20.7 Å². The number of nitrogens with one attached hydrogen (secondary N) is 1. The van der Waals surface area contributed by atoms with Crippen LogP contribution in [0.4, 0.5) is 18.9 Å².